The van der Waals surface area contributed by atoms with Crippen molar-refractivity contribution in [1.29, 1.82) is 0 Å². The fourth-order valence-corrected chi connectivity index (χ4v) is 2.85. The summed E-state index contributed by atoms with van der Waals surface area (Å²) in [5, 5.41) is 20.0. The standard InChI is InChI=1S/C21H17FO5/c1-13(23)26-27-17-12-16(19(22)21(25)20(17)24)18(14-8-4-2-5-9-14)15-10-6-3-7-11-15/h2-12,18,24-25H,1H3. The zero-order chi connectivity index (χ0) is 19.4. The van der Waals surface area contributed by atoms with Crippen LogP contribution in [-0.2, 0) is 9.68 Å². The summed E-state index contributed by atoms with van der Waals surface area (Å²) in [5.41, 5.74) is 1.60. The van der Waals surface area contributed by atoms with Crippen molar-refractivity contribution in [1.82, 2.24) is 0 Å². The van der Waals surface area contributed by atoms with Crippen molar-refractivity contribution < 1.29 is 29.2 Å². The van der Waals surface area contributed by atoms with E-state index in [0.29, 0.717) is 0 Å². The maximum absolute atomic E-state index is 14.9. The van der Waals surface area contributed by atoms with Crippen LogP contribution in [0.2, 0.25) is 0 Å². The molecule has 3 aromatic rings. The van der Waals surface area contributed by atoms with Gasteiger partial charge in [0.15, 0.2) is 11.6 Å². The third-order valence-corrected chi connectivity index (χ3v) is 4.03. The average molecular weight is 368 g/mol. The molecule has 0 bridgehead atoms. The van der Waals surface area contributed by atoms with Crippen molar-refractivity contribution in [3.05, 3.63) is 89.2 Å². The van der Waals surface area contributed by atoms with Crippen LogP contribution in [0.1, 0.15) is 29.5 Å². The second-order valence-corrected chi connectivity index (χ2v) is 5.89. The Bertz CT molecular complexity index is 902. The van der Waals surface area contributed by atoms with E-state index >= 15 is 0 Å². The number of hydrogen-bond acceptors (Lipinski definition) is 5. The molecule has 0 spiro atoms. The summed E-state index contributed by atoms with van der Waals surface area (Å²) < 4.78 is 14.9. The van der Waals surface area contributed by atoms with Crippen molar-refractivity contribution in [2.24, 2.45) is 0 Å². The van der Waals surface area contributed by atoms with Crippen LogP contribution in [0.15, 0.2) is 66.7 Å². The fraction of sp³-hybridized carbons (Fsp3) is 0.0952. The number of carbonyl (C=O) groups is 1. The van der Waals surface area contributed by atoms with E-state index in [1.54, 1.807) is 0 Å². The first-order valence-corrected chi connectivity index (χ1v) is 8.18. The van der Waals surface area contributed by atoms with Crippen molar-refractivity contribution >= 4 is 5.97 Å². The molecule has 0 amide bonds. The van der Waals surface area contributed by atoms with E-state index in [0.717, 1.165) is 18.1 Å². The van der Waals surface area contributed by atoms with Gasteiger partial charge < -0.3 is 10.2 Å². The maximum Gasteiger partial charge on any atom is 0.352 e. The summed E-state index contributed by atoms with van der Waals surface area (Å²) >= 11 is 0. The van der Waals surface area contributed by atoms with E-state index in [9.17, 15) is 19.4 Å². The van der Waals surface area contributed by atoms with Gasteiger partial charge in [0.1, 0.15) is 0 Å². The summed E-state index contributed by atoms with van der Waals surface area (Å²) in [4.78, 5) is 20.2. The van der Waals surface area contributed by atoms with Crippen LogP contribution in [0.25, 0.3) is 0 Å². The molecule has 0 radical (unpaired) electrons. The Morgan fingerprint density at radius 1 is 0.926 bits per heavy atom. The molecule has 2 N–H and O–H groups in total. The minimum atomic E-state index is -0.986. The van der Waals surface area contributed by atoms with Gasteiger partial charge in [-0.2, -0.15) is 0 Å². The zero-order valence-electron chi connectivity index (χ0n) is 14.4. The van der Waals surface area contributed by atoms with Crippen molar-refractivity contribution in [3.63, 3.8) is 0 Å². The summed E-state index contributed by atoms with van der Waals surface area (Å²) in [7, 11) is 0. The molecule has 27 heavy (non-hydrogen) atoms. The molecule has 0 fully saturated rings. The quantitative estimate of drug-likeness (QED) is 0.304. The van der Waals surface area contributed by atoms with Crippen LogP contribution in [0.5, 0.6) is 17.2 Å². The van der Waals surface area contributed by atoms with E-state index in [2.05, 4.69) is 4.89 Å². The highest BCUT2D eigenvalue weighted by atomic mass is 19.1. The monoisotopic (exact) mass is 368 g/mol. The van der Waals surface area contributed by atoms with Crippen LogP contribution in [-0.4, -0.2) is 16.2 Å². The minimum Gasteiger partial charge on any atom is -0.502 e. The molecule has 0 aliphatic heterocycles. The van der Waals surface area contributed by atoms with Gasteiger partial charge in [0.2, 0.25) is 11.5 Å². The van der Waals surface area contributed by atoms with E-state index in [-0.39, 0.29) is 11.3 Å². The molecule has 0 aliphatic carbocycles. The van der Waals surface area contributed by atoms with Gasteiger partial charge in [0.25, 0.3) is 0 Å². The SMILES string of the molecule is CC(=O)OOc1cc(C(c2ccccc2)c2ccccc2)c(F)c(O)c1O. The van der Waals surface area contributed by atoms with Crippen LogP contribution < -0.4 is 4.89 Å². The lowest BCUT2D eigenvalue weighted by Crippen LogP contribution is -2.08. The number of hydrogen-bond donors (Lipinski definition) is 2. The molecule has 5 nitrogen and oxygen atoms in total. The number of aromatic hydroxyl groups is 2. The Morgan fingerprint density at radius 2 is 1.44 bits per heavy atom. The molecule has 3 rings (SSSR count). The largest absolute Gasteiger partial charge is 0.502 e. The molecule has 0 aromatic heterocycles. The summed E-state index contributed by atoms with van der Waals surface area (Å²) in [6, 6.07) is 19.5. The molecule has 0 unspecified atom stereocenters. The van der Waals surface area contributed by atoms with Gasteiger partial charge in [0.05, 0.1) is 0 Å². The Labute approximate surface area is 155 Å². The summed E-state index contributed by atoms with van der Waals surface area (Å²) in [6.45, 7) is 1.11. The Kier molecular flexibility index (Phi) is 5.26. The third-order valence-electron chi connectivity index (χ3n) is 4.03. The summed E-state index contributed by atoms with van der Waals surface area (Å²) in [5.74, 6) is -4.53. The topological polar surface area (TPSA) is 76.0 Å². The lowest BCUT2D eigenvalue weighted by molar-refractivity contribution is -0.211. The van der Waals surface area contributed by atoms with Gasteiger partial charge in [-0.1, -0.05) is 60.7 Å². The lowest BCUT2D eigenvalue weighted by Gasteiger charge is -2.21. The molecule has 0 saturated heterocycles. The van der Waals surface area contributed by atoms with Crippen molar-refractivity contribution in [3.8, 4) is 17.2 Å². The average Bonchev–Trinajstić information content (AvgIpc) is 2.69. The number of benzene rings is 3. The van der Waals surface area contributed by atoms with Gasteiger partial charge in [-0.25, -0.2) is 9.18 Å². The number of carbonyl (C=O) groups excluding carboxylic acids is 1. The van der Waals surface area contributed by atoms with Crippen LogP contribution >= 0.6 is 0 Å². The highest BCUT2D eigenvalue weighted by molar-refractivity contribution is 5.65. The molecular formula is C21H17FO5. The summed E-state index contributed by atoms with van der Waals surface area (Å²) in [6.07, 6.45) is 0. The van der Waals surface area contributed by atoms with E-state index in [1.807, 2.05) is 60.7 Å². The number of phenols is 2. The smallest absolute Gasteiger partial charge is 0.352 e. The number of halogens is 1. The van der Waals surface area contributed by atoms with Gasteiger partial charge >= 0.3 is 5.97 Å². The van der Waals surface area contributed by atoms with Crippen LogP contribution in [0.4, 0.5) is 4.39 Å². The Hall–Kier alpha value is -3.54. The fourth-order valence-electron chi connectivity index (χ4n) is 2.85. The zero-order valence-corrected chi connectivity index (χ0v) is 14.4. The van der Waals surface area contributed by atoms with Gasteiger partial charge in [-0.05, 0) is 17.2 Å². The Balaban J connectivity index is 2.18. The van der Waals surface area contributed by atoms with Crippen LogP contribution in [0, 0.1) is 5.82 Å². The first-order chi connectivity index (χ1) is 13.0. The van der Waals surface area contributed by atoms with Gasteiger partial charge in [0, 0.05) is 18.4 Å². The van der Waals surface area contributed by atoms with Gasteiger partial charge in [-0.3, -0.25) is 9.78 Å². The number of rotatable bonds is 5. The Morgan fingerprint density at radius 3 is 1.93 bits per heavy atom. The predicted molar refractivity (Wildman–Crippen MR) is 96.0 cm³/mol. The maximum atomic E-state index is 14.9. The van der Waals surface area contributed by atoms with Gasteiger partial charge in [-0.15, -0.1) is 0 Å². The first-order valence-electron chi connectivity index (χ1n) is 8.18. The van der Waals surface area contributed by atoms with Crippen molar-refractivity contribution in [2.45, 2.75) is 12.8 Å². The molecule has 0 saturated carbocycles. The first kappa shape index (κ1) is 18.3. The highest BCUT2D eigenvalue weighted by Gasteiger charge is 2.27. The van der Waals surface area contributed by atoms with E-state index in [4.69, 9.17) is 4.89 Å². The second kappa shape index (κ2) is 7.78. The van der Waals surface area contributed by atoms with E-state index in [1.165, 1.54) is 6.07 Å². The van der Waals surface area contributed by atoms with E-state index < -0.39 is 29.2 Å². The van der Waals surface area contributed by atoms with Crippen LogP contribution in [0.3, 0.4) is 0 Å². The minimum absolute atomic E-state index is 0.0600. The molecule has 138 valence electrons. The lowest BCUT2D eigenvalue weighted by atomic mass is 9.84. The molecular weight excluding hydrogens is 351 g/mol. The molecule has 3 aromatic carbocycles. The highest BCUT2D eigenvalue weighted by Crippen LogP contribution is 2.44. The normalized spacial score (nSPS) is 10.6. The molecule has 0 atom stereocenters. The van der Waals surface area contributed by atoms with Crippen molar-refractivity contribution in [2.75, 3.05) is 0 Å². The molecule has 6 heteroatoms. The second-order valence-electron chi connectivity index (χ2n) is 5.89. The third kappa shape index (κ3) is 3.84. The number of phenolic OH excluding ortho intramolecular Hbond substituents is 2. The molecule has 0 heterocycles. The molecule has 0 aliphatic rings. The predicted octanol–water partition coefficient (Wildman–Crippen LogP) is 4.27.